The van der Waals surface area contributed by atoms with Crippen molar-refractivity contribution in [2.45, 2.75) is 6.42 Å². The maximum Gasteiger partial charge on any atom is 0.337 e. The Morgan fingerprint density at radius 1 is 1.09 bits per heavy atom. The number of nitrogens with one attached hydrogen (secondary N) is 2. The topological polar surface area (TPSA) is 120 Å². The van der Waals surface area contributed by atoms with Crippen LogP contribution in [-0.2, 0) is 6.42 Å². The molecule has 0 unspecified atom stereocenters. The van der Waals surface area contributed by atoms with Crippen LogP contribution in [0.5, 0.6) is 0 Å². The second-order valence-corrected chi connectivity index (χ2v) is 4.69. The molecular formula is C15H9N3O4. The van der Waals surface area contributed by atoms with Crippen LogP contribution in [0, 0.1) is 11.3 Å². The van der Waals surface area contributed by atoms with Crippen molar-refractivity contribution in [1.29, 1.82) is 5.26 Å². The Bertz CT molecular complexity index is 1060. The van der Waals surface area contributed by atoms with E-state index >= 15 is 0 Å². The summed E-state index contributed by atoms with van der Waals surface area (Å²) in [5.41, 5.74) is -0.391. The number of aromatic nitrogens is 2. The SMILES string of the molecule is N#Cc1ccc(Cc2cc(=O)oc3[nH]c(=O)[nH]c(=O)c23)cc1. The van der Waals surface area contributed by atoms with Gasteiger partial charge in [-0.3, -0.25) is 14.8 Å². The zero-order chi connectivity index (χ0) is 15.7. The lowest BCUT2D eigenvalue weighted by atomic mass is 10.0. The van der Waals surface area contributed by atoms with Crippen LogP contribution in [0.3, 0.4) is 0 Å². The van der Waals surface area contributed by atoms with E-state index in [2.05, 4.69) is 9.97 Å². The molecule has 0 aliphatic carbocycles. The molecule has 2 N–H and O–H groups in total. The zero-order valence-electron chi connectivity index (χ0n) is 11.2. The van der Waals surface area contributed by atoms with Crippen LogP contribution in [0.2, 0.25) is 0 Å². The summed E-state index contributed by atoms with van der Waals surface area (Å²) >= 11 is 0. The summed E-state index contributed by atoms with van der Waals surface area (Å²) in [6.07, 6.45) is 0.295. The van der Waals surface area contributed by atoms with E-state index < -0.39 is 16.9 Å². The maximum atomic E-state index is 11.9. The fourth-order valence-corrected chi connectivity index (χ4v) is 2.23. The molecule has 7 nitrogen and oxygen atoms in total. The highest BCUT2D eigenvalue weighted by Crippen LogP contribution is 2.15. The first-order valence-electron chi connectivity index (χ1n) is 6.35. The third-order valence-corrected chi connectivity index (χ3v) is 3.20. The molecule has 0 atom stereocenters. The Labute approximate surface area is 122 Å². The van der Waals surface area contributed by atoms with Gasteiger partial charge >= 0.3 is 11.3 Å². The molecule has 0 fully saturated rings. The average Bonchev–Trinajstić information content (AvgIpc) is 2.46. The number of hydrogen-bond acceptors (Lipinski definition) is 5. The number of fused-ring (bicyclic) bond motifs is 1. The van der Waals surface area contributed by atoms with Crippen molar-refractivity contribution in [1.82, 2.24) is 9.97 Å². The van der Waals surface area contributed by atoms with E-state index in [-0.39, 0.29) is 11.1 Å². The molecule has 3 aromatic rings. The lowest BCUT2D eigenvalue weighted by molar-refractivity contribution is 0.545. The summed E-state index contributed by atoms with van der Waals surface area (Å²) in [6, 6.07) is 9.99. The monoisotopic (exact) mass is 295 g/mol. The van der Waals surface area contributed by atoms with E-state index in [9.17, 15) is 14.4 Å². The number of benzene rings is 1. The molecular weight excluding hydrogens is 286 g/mol. The van der Waals surface area contributed by atoms with Gasteiger partial charge in [-0.2, -0.15) is 5.26 Å². The third kappa shape index (κ3) is 2.45. The Balaban J connectivity index is 2.18. The molecule has 22 heavy (non-hydrogen) atoms. The highest BCUT2D eigenvalue weighted by atomic mass is 16.4. The smallest absolute Gasteiger partial charge is 0.337 e. The van der Waals surface area contributed by atoms with Gasteiger partial charge in [0.2, 0.25) is 5.71 Å². The second kappa shape index (κ2) is 5.18. The van der Waals surface area contributed by atoms with Crippen LogP contribution in [0.25, 0.3) is 11.1 Å². The van der Waals surface area contributed by atoms with Gasteiger partial charge in [-0.1, -0.05) is 12.1 Å². The molecule has 1 aromatic carbocycles. The van der Waals surface area contributed by atoms with Crippen LogP contribution in [0.15, 0.2) is 49.1 Å². The van der Waals surface area contributed by atoms with Crippen LogP contribution < -0.4 is 16.9 Å². The molecule has 2 aromatic heterocycles. The van der Waals surface area contributed by atoms with E-state index in [1.807, 2.05) is 6.07 Å². The summed E-state index contributed by atoms with van der Waals surface area (Å²) in [5, 5.41) is 8.90. The van der Waals surface area contributed by atoms with Crippen LogP contribution >= 0.6 is 0 Å². The number of aromatic amines is 2. The summed E-state index contributed by atoms with van der Waals surface area (Å²) in [7, 11) is 0. The molecule has 0 spiro atoms. The van der Waals surface area contributed by atoms with E-state index in [4.69, 9.17) is 9.68 Å². The van der Waals surface area contributed by atoms with E-state index in [0.717, 1.165) is 5.56 Å². The normalized spacial score (nSPS) is 10.5. The predicted molar refractivity (Wildman–Crippen MR) is 77.7 cm³/mol. The molecule has 0 radical (unpaired) electrons. The lowest BCUT2D eigenvalue weighted by Gasteiger charge is -2.04. The molecule has 7 heteroatoms. The number of nitriles is 1. The minimum absolute atomic E-state index is 0.128. The molecule has 3 rings (SSSR count). The van der Waals surface area contributed by atoms with Crippen molar-refractivity contribution in [2.75, 3.05) is 0 Å². The van der Waals surface area contributed by atoms with Gasteiger partial charge in [0.1, 0.15) is 5.39 Å². The van der Waals surface area contributed by atoms with Gasteiger partial charge in [0, 0.05) is 6.07 Å². The van der Waals surface area contributed by atoms with E-state index in [1.54, 1.807) is 24.3 Å². The van der Waals surface area contributed by atoms with Crippen molar-refractivity contribution < 1.29 is 4.42 Å². The third-order valence-electron chi connectivity index (χ3n) is 3.20. The Kier molecular flexibility index (Phi) is 3.20. The zero-order valence-corrected chi connectivity index (χ0v) is 11.2. The molecule has 0 saturated heterocycles. The van der Waals surface area contributed by atoms with Crippen LogP contribution in [0.1, 0.15) is 16.7 Å². The van der Waals surface area contributed by atoms with Crippen molar-refractivity contribution in [3.8, 4) is 6.07 Å². The first-order chi connectivity index (χ1) is 10.6. The minimum atomic E-state index is -0.740. The number of nitrogens with zero attached hydrogens (tertiary/aromatic N) is 1. The second-order valence-electron chi connectivity index (χ2n) is 4.69. The maximum absolute atomic E-state index is 11.9. The molecule has 108 valence electrons. The fraction of sp³-hybridized carbons (Fsp3) is 0.0667. The quantitative estimate of drug-likeness (QED) is 0.718. The molecule has 0 amide bonds. The lowest BCUT2D eigenvalue weighted by Crippen LogP contribution is -2.24. The highest BCUT2D eigenvalue weighted by Gasteiger charge is 2.11. The Morgan fingerprint density at radius 2 is 1.82 bits per heavy atom. The van der Waals surface area contributed by atoms with Crippen LogP contribution in [0.4, 0.5) is 0 Å². The Morgan fingerprint density at radius 3 is 2.50 bits per heavy atom. The number of H-pyrrole nitrogens is 2. The average molecular weight is 295 g/mol. The molecule has 2 heterocycles. The summed E-state index contributed by atoms with van der Waals surface area (Å²) < 4.78 is 4.86. The van der Waals surface area contributed by atoms with Crippen molar-refractivity contribution >= 4 is 11.1 Å². The summed E-state index contributed by atoms with van der Waals surface area (Å²) in [5.74, 6) is 0. The largest absolute Gasteiger partial charge is 0.405 e. The van der Waals surface area contributed by atoms with Crippen molar-refractivity contribution in [3.05, 3.63) is 78.3 Å². The van der Waals surface area contributed by atoms with Gasteiger partial charge < -0.3 is 4.42 Å². The summed E-state index contributed by atoms with van der Waals surface area (Å²) in [4.78, 5) is 39.2. The number of hydrogen-bond donors (Lipinski definition) is 2. The summed E-state index contributed by atoms with van der Waals surface area (Å²) in [6.45, 7) is 0. The first kappa shape index (κ1) is 13.6. The van der Waals surface area contributed by atoms with Crippen LogP contribution in [-0.4, -0.2) is 9.97 Å². The van der Waals surface area contributed by atoms with Crippen molar-refractivity contribution in [2.24, 2.45) is 0 Å². The first-order valence-corrected chi connectivity index (χ1v) is 6.35. The fourth-order valence-electron chi connectivity index (χ4n) is 2.23. The Hall–Kier alpha value is -3.40. The molecule has 0 saturated carbocycles. The standard InChI is InChI=1S/C15H9N3O4/c16-7-9-3-1-8(2-4-9)5-10-6-11(19)22-14-12(10)13(20)17-15(21)18-14/h1-4,6H,5H2,(H2,17,18,20,21). The van der Waals surface area contributed by atoms with Gasteiger partial charge in [-0.15, -0.1) is 0 Å². The minimum Gasteiger partial charge on any atom is -0.405 e. The molecule has 0 aliphatic rings. The predicted octanol–water partition coefficient (Wildman–Crippen LogP) is 0.632. The number of rotatable bonds is 2. The van der Waals surface area contributed by atoms with E-state index in [1.165, 1.54) is 6.07 Å². The van der Waals surface area contributed by atoms with Gasteiger partial charge in [-0.05, 0) is 29.7 Å². The van der Waals surface area contributed by atoms with Gasteiger partial charge in [0.25, 0.3) is 5.56 Å². The van der Waals surface area contributed by atoms with Crippen molar-refractivity contribution in [3.63, 3.8) is 0 Å². The highest BCUT2D eigenvalue weighted by molar-refractivity contribution is 5.75. The van der Waals surface area contributed by atoms with Gasteiger partial charge in [-0.25, -0.2) is 9.59 Å². The van der Waals surface area contributed by atoms with Gasteiger partial charge in [0.15, 0.2) is 0 Å². The molecule has 0 bridgehead atoms. The molecule has 0 aliphatic heterocycles. The van der Waals surface area contributed by atoms with Gasteiger partial charge in [0.05, 0.1) is 11.6 Å². The van der Waals surface area contributed by atoms with E-state index in [0.29, 0.717) is 17.5 Å².